The minimum absolute atomic E-state index is 0.103. The second-order valence-corrected chi connectivity index (χ2v) is 8.02. The molecular formula is C23H20Cl2N4O5. The summed E-state index contributed by atoms with van der Waals surface area (Å²) in [6.07, 6.45) is 1.39. The van der Waals surface area contributed by atoms with E-state index in [4.69, 9.17) is 27.9 Å². The maximum Gasteiger partial charge on any atom is 0.352 e. The quantitative estimate of drug-likeness (QED) is 0.374. The normalized spacial score (nSPS) is 10.6. The largest absolute Gasteiger partial charge is 0.431 e. The molecule has 0 atom stereocenters. The molecule has 0 aliphatic carbocycles. The van der Waals surface area contributed by atoms with Gasteiger partial charge in [0.05, 0.1) is 22.0 Å². The van der Waals surface area contributed by atoms with Crippen LogP contribution in [0.25, 0.3) is 5.69 Å². The Hall–Kier alpha value is -3.69. The summed E-state index contributed by atoms with van der Waals surface area (Å²) in [7, 11) is 0. The van der Waals surface area contributed by atoms with Gasteiger partial charge in [0.2, 0.25) is 0 Å². The minimum Gasteiger partial charge on any atom is -0.431 e. The third kappa shape index (κ3) is 6.00. The molecule has 1 aromatic heterocycles. The fourth-order valence-corrected chi connectivity index (χ4v) is 3.47. The molecule has 2 aromatic carbocycles. The number of halogens is 2. The third-order valence-corrected chi connectivity index (χ3v) is 5.31. The first-order valence-corrected chi connectivity index (χ1v) is 10.8. The summed E-state index contributed by atoms with van der Waals surface area (Å²) in [5.74, 6) is -1.18. The van der Waals surface area contributed by atoms with Crippen molar-refractivity contribution in [3.8, 4) is 5.69 Å². The number of carbonyl (C=O) groups is 2. The standard InChI is InChI=1S/C23H20Cl2N4O5/c1-14(2)34-21(31)13-28-20(30)12-27-29(23(28)33)16-7-8-19(25)17(11-16)22(32)26-10-9-15-5-3-4-6-18(15)24/h3-8,11-12H,1,9-10,13H2,2H3,(H,26,32). The molecule has 0 saturated carbocycles. The van der Waals surface area contributed by atoms with Crippen LogP contribution in [0.15, 0.2) is 70.6 Å². The van der Waals surface area contributed by atoms with Crippen LogP contribution in [0.5, 0.6) is 0 Å². The smallest absolute Gasteiger partial charge is 0.352 e. The number of ether oxygens (including phenoxy) is 1. The van der Waals surface area contributed by atoms with E-state index in [0.29, 0.717) is 22.6 Å². The van der Waals surface area contributed by atoms with Gasteiger partial charge >= 0.3 is 11.7 Å². The van der Waals surface area contributed by atoms with Gasteiger partial charge in [0.15, 0.2) is 0 Å². The Morgan fingerprint density at radius 2 is 1.85 bits per heavy atom. The Kier molecular flexibility index (Phi) is 8.04. The van der Waals surface area contributed by atoms with Crippen molar-refractivity contribution in [3.05, 3.63) is 103 Å². The van der Waals surface area contributed by atoms with Crippen LogP contribution in [0.4, 0.5) is 0 Å². The lowest BCUT2D eigenvalue weighted by Crippen LogP contribution is -2.42. The molecular weight excluding hydrogens is 483 g/mol. The van der Waals surface area contributed by atoms with Gasteiger partial charge in [-0.3, -0.25) is 9.59 Å². The molecule has 0 bridgehead atoms. The van der Waals surface area contributed by atoms with Gasteiger partial charge in [-0.15, -0.1) is 0 Å². The van der Waals surface area contributed by atoms with Crippen molar-refractivity contribution < 1.29 is 14.3 Å². The predicted molar refractivity (Wildman–Crippen MR) is 127 cm³/mol. The van der Waals surface area contributed by atoms with Crippen molar-refractivity contribution in [2.75, 3.05) is 6.54 Å². The SMILES string of the molecule is C=C(C)OC(=O)Cn1c(=O)cnn(-c2ccc(Cl)c(C(=O)NCCc3ccccc3Cl)c2)c1=O. The van der Waals surface area contributed by atoms with E-state index in [9.17, 15) is 19.2 Å². The molecule has 1 amide bonds. The number of carbonyl (C=O) groups excluding carboxylic acids is 2. The van der Waals surface area contributed by atoms with Crippen LogP contribution in [0, 0.1) is 0 Å². The van der Waals surface area contributed by atoms with Gasteiger partial charge in [-0.2, -0.15) is 9.78 Å². The highest BCUT2D eigenvalue weighted by Gasteiger charge is 2.16. The van der Waals surface area contributed by atoms with Crippen molar-refractivity contribution in [1.29, 1.82) is 0 Å². The van der Waals surface area contributed by atoms with E-state index >= 15 is 0 Å². The van der Waals surface area contributed by atoms with Crippen LogP contribution in [0.2, 0.25) is 10.0 Å². The second-order valence-electron chi connectivity index (χ2n) is 7.20. The summed E-state index contributed by atoms with van der Waals surface area (Å²) in [4.78, 5) is 49.5. The molecule has 0 aliphatic heterocycles. The Morgan fingerprint density at radius 1 is 1.12 bits per heavy atom. The Bertz CT molecular complexity index is 1380. The molecule has 3 rings (SSSR count). The lowest BCUT2D eigenvalue weighted by Gasteiger charge is -2.11. The zero-order chi connectivity index (χ0) is 24.8. The number of aromatic nitrogens is 3. The molecule has 0 fully saturated rings. The van der Waals surface area contributed by atoms with E-state index < -0.39 is 29.7 Å². The van der Waals surface area contributed by atoms with E-state index in [1.807, 2.05) is 18.2 Å². The summed E-state index contributed by atoms with van der Waals surface area (Å²) in [5, 5.41) is 7.35. The maximum atomic E-state index is 12.8. The summed E-state index contributed by atoms with van der Waals surface area (Å²) in [5.41, 5.74) is -0.517. The number of esters is 1. The summed E-state index contributed by atoms with van der Waals surface area (Å²) >= 11 is 12.3. The zero-order valence-corrected chi connectivity index (χ0v) is 19.6. The highest BCUT2D eigenvalue weighted by Crippen LogP contribution is 2.19. The van der Waals surface area contributed by atoms with E-state index in [0.717, 1.165) is 16.4 Å². The van der Waals surface area contributed by atoms with Crippen LogP contribution in [0.1, 0.15) is 22.8 Å². The van der Waals surface area contributed by atoms with E-state index in [2.05, 4.69) is 17.0 Å². The van der Waals surface area contributed by atoms with Crippen LogP contribution >= 0.6 is 23.2 Å². The number of nitrogens with zero attached hydrogens (tertiary/aromatic N) is 3. The lowest BCUT2D eigenvalue weighted by atomic mass is 10.1. The number of rotatable bonds is 8. The topological polar surface area (TPSA) is 112 Å². The average molecular weight is 503 g/mol. The molecule has 0 aliphatic rings. The predicted octanol–water partition coefficient (Wildman–Crippen LogP) is 2.75. The number of amides is 1. The van der Waals surface area contributed by atoms with Gasteiger partial charge in [-0.1, -0.05) is 48.0 Å². The molecule has 0 spiro atoms. The van der Waals surface area contributed by atoms with Gasteiger partial charge < -0.3 is 10.1 Å². The molecule has 0 saturated heterocycles. The Morgan fingerprint density at radius 3 is 2.56 bits per heavy atom. The fourth-order valence-electron chi connectivity index (χ4n) is 3.04. The third-order valence-electron chi connectivity index (χ3n) is 4.61. The van der Waals surface area contributed by atoms with Gasteiger partial charge in [-0.25, -0.2) is 14.2 Å². The van der Waals surface area contributed by atoms with Crippen molar-refractivity contribution in [1.82, 2.24) is 19.7 Å². The molecule has 9 nitrogen and oxygen atoms in total. The molecule has 1 heterocycles. The van der Waals surface area contributed by atoms with Crippen molar-refractivity contribution in [3.63, 3.8) is 0 Å². The van der Waals surface area contributed by atoms with Gasteiger partial charge in [0.25, 0.3) is 11.5 Å². The highest BCUT2D eigenvalue weighted by atomic mass is 35.5. The molecule has 0 unspecified atom stereocenters. The monoisotopic (exact) mass is 502 g/mol. The summed E-state index contributed by atoms with van der Waals surface area (Å²) in [6.45, 7) is 4.57. The van der Waals surface area contributed by atoms with E-state index in [-0.39, 0.29) is 22.0 Å². The second kappa shape index (κ2) is 11.0. The summed E-state index contributed by atoms with van der Waals surface area (Å²) < 4.78 is 6.36. The number of hydrogen-bond donors (Lipinski definition) is 1. The van der Waals surface area contributed by atoms with Gasteiger partial charge in [0.1, 0.15) is 12.7 Å². The maximum absolute atomic E-state index is 12.8. The Balaban J connectivity index is 1.83. The van der Waals surface area contributed by atoms with Crippen LogP contribution in [-0.2, 0) is 22.5 Å². The van der Waals surface area contributed by atoms with Crippen molar-refractivity contribution in [2.45, 2.75) is 19.9 Å². The van der Waals surface area contributed by atoms with Crippen LogP contribution < -0.4 is 16.6 Å². The lowest BCUT2D eigenvalue weighted by molar-refractivity contribution is -0.140. The minimum atomic E-state index is -0.890. The van der Waals surface area contributed by atoms with Crippen molar-refractivity contribution >= 4 is 35.1 Å². The molecule has 34 heavy (non-hydrogen) atoms. The molecule has 3 aromatic rings. The first-order chi connectivity index (χ1) is 16.2. The van der Waals surface area contributed by atoms with Crippen molar-refractivity contribution in [2.24, 2.45) is 0 Å². The number of nitrogens with one attached hydrogen (secondary N) is 1. The molecule has 1 N–H and O–H groups in total. The van der Waals surface area contributed by atoms with Crippen LogP contribution in [0.3, 0.4) is 0 Å². The zero-order valence-electron chi connectivity index (χ0n) is 18.1. The highest BCUT2D eigenvalue weighted by molar-refractivity contribution is 6.34. The first-order valence-electron chi connectivity index (χ1n) is 10.0. The van der Waals surface area contributed by atoms with Gasteiger partial charge in [-0.05, 0) is 43.2 Å². The number of hydrogen-bond acceptors (Lipinski definition) is 6. The van der Waals surface area contributed by atoms with E-state index in [1.54, 1.807) is 6.07 Å². The number of benzene rings is 2. The number of allylic oxidation sites excluding steroid dienone is 1. The fraction of sp³-hybridized carbons (Fsp3) is 0.174. The van der Waals surface area contributed by atoms with E-state index in [1.165, 1.54) is 25.1 Å². The average Bonchev–Trinajstić information content (AvgIpc) is 2.78. The first kappa shape index (κ1) is 24.9. The van der Waals surface area contributed by atoms with Gasteiger partial charge in [0, 0.05) is 11.6 Å². The molecule has 176 valence electrons. The Labute approximate surface area is 204 Å². The van der Waals surface area contributed by atoms with Crippen LogP contribution in [-0.4, -0.2) is 32.8 Å². The molecule has 11 heteroatoms. The molecule has 0 radical (unpaired) electrons. The summed E-state index contributed by atoms with van der Waals surface area (Å²) in [6, 6.07) is 11.5.